The summed E-state index contributed by atoms with van der Waals surface area (Å²) in [7, 11) is 0. The summed E-state index contributed by atoms with van der Waals surface area (Å²) in [5, 5.41) is 1.00. The minimum Gasteiger partial charge on any atom is -0.455 e. The molecule has 0 aliphatic heterocycles. The lowest BCUT2D eigenvalue weighted by Crippen LogP contribution is -2.12. The smallest absolute Gasteiger partial charge is 0.338 e. The van der Waals surface area contributed by atoms with Crippen LogP contribution in [0.1, 0.15) is 17.3 Å². The maximum Gasteiger partial charge on any atom is 0.338 e. The summed E-state index contributed by atoms with van der Waals surface area (Å²) >= 11 is 0. The Kier molecular flexibility index (Phi) is 2.77. The molecule has 1 aromatic heterocycles. The number of fused-ring (bicyclic) bond motifs is 1. The first-order valence-electron chi connectivity index (χ1n) is 5.11. The molecular weight excluding hydrogens is 202 g/mol. The zero-order valence-corrected chi connectivity index (χ0v) is 9.07. The number of hydrogen-bond donors (Lipinski definition) is 1. The van der Waals surface area contributed by atoms with Crippen LogP contribution < -0.4 is 0 Å². The molecule has 1 atom stereocenters. The summed E-state index contributed by atoms with van der Waals surface area (Å²) in [5.41, 5.74) is 1.56. The molecule has 0 bridgehead atoms. The number of aromatic amines is 1. The van der Waals surface area contributed by atoms with Crippen molar-refractivity contribution in [3.63, 3.8) is 0 Å². The highest BCUT2D eigenvalue weighted by Gasteiger charge is 2.10. The van der Waals surface area contributed by atoms with Crippen molar-refractivity contribution in [3.8, 4) is 0 Å². The van der Waals surface area contributed by atoms with Gasteiger partial charge in [0, 0.05) is 17.1 Å². The Bertz CT molecular complexity index is 527. The summed E-state index contributed by atoms with van der Waals surface area (Å²) < 4.78 is 5.14. The standard InChI is InChI=1S/C13H13NO2/c1-3-9(2)16-13(15)11-4-5-12-10(8-11)6-7-14-12/h3-9,14H,1H2,2H3. The molecule has 3 heteroatoms. The van der Waals surface area contributed by atoms with Gasteiger partial charge in [-0.1, -0.05) is 12.7 Å². The highest BCUT2D eigenvalue weighted by atomic mass is 16.5. The molecule has 1 N–H and O–H groups in total. The van der Waals surface area contributed by atoms with Gasteiger partial charge in [0.05, 0.1) is 5.56 Å². The minimum absolute atomic E-state index is 0.269. The number of rotatable bonds is 3. The van der Waals surface area contributed by atoms with Crippen LogP contribution in [0.2, 0.25) is 0 Å². The van der Waals surface area contributed by atoms with E-state index >= 15 is 0 Å². The van der Waals surface area contributed by atoms with Gasteiger partial charge in [0.2, 0.25) is 0 Å². The van der Waals surface area contributed by atoms with Crippen LogP contribution in [0.4, 0.5) is 0 Å². The van der Waals surface area contributed by atoms with Gasteiger partial charge in [0.1, 0.15) is 6.10 Å². The van der Waals surface area contributed by atoms with E-state index in [1.54, 1.807) is 19.1 Å². The summed E-state index contributed by atoms with van der Waals surface area (Å²) in [6.45, 7) is 5.34. The number of H-pyrrole nitrogens is 1. The number of esters is 1. The van der Waals surface area contributed by atoms with Crippen molar-refractivity contribution in [1.29, 1.82) is 0 Å². The molecule has 1 unspecified atom stereocenters. The molecule has 0 aliphatic carbocycles. The van der Waals surface area contributed by atoms with Crippen molar-refractivity contribution >= 4 is 16.9 Å². The molecule has 0 saturated heterocycles. The Morgan fingerprint density at radius 2 is 2.31 bits per heavy atom. The Labute approximate surface area is 93.7 Å². The van der Waals surface area contributed by atoms with Crippen molar-refractivity contribution in [1.82, 2.24) is 4.98 Å². The zero-order valence-electron chi connectivity index (χ0n) is 9.07. The van der Waals surface area contributed by atoms with E-state index in [0.29, 0.717) is 5.56 Å². The van der Waals surface area contributed by atoms with Crippen LogP contribution in [-0.2, 0) is 4.74 Å². The lowest BCUT2D eigenvalue weighted by Gasteiger charge is -2.08. The van der Waals surface area contributed by atoms with Crippen molar-refractivity contribution in [2.24, 2.45) is 0 Å². The van der Waals surface area contributed by atoms with Gasteiger partial charge >= 0.3 is 5.97 Å². The number of ether oxygens (including phenoxy) is 1. The molecule has 0 radical (unpaired) electrons. The number of carbonyl (C=O) groups excluding carboxylic acids is 1. The number of aromatic nitrogens is 1. The summed E-state index contributed by atoms with van der Waals surface area (Å²) in [6, 6.07) is 7.34. The second-order valence-corrected chi connectivity index (χ2v) is 3.63. The van der Waals surface area contributed by atoms with E-state index in [2.05, 4.69) is 11.6 Å². The number of hydrogen-bond acceptors (Lipinski definition) is 2. The molecule has 0 spiro atoms. The third-order valence-corrected chi connectivity index (χ3v) is 2.41. The summed E-state index contributed by atoms with van der Waals surface area (Å²) in [6.07, 6.45) is 3.16. The molecule has 82 valence electrons. The van der Waals surface area contributed by atoms with Crippen molar-refractivity contribution in [2.75, 3.05) is 0 Å². The molecule has 0 aliphatic rings. The van der Waals surface area contributed by atoms with Gasteiger partial charge in [0.15, 0.2) is 0 Å². The SMILES string of the molecule is C=CC(C)OC(=O)c1ccc2[nH]ccc2c1. The minimum atomic E-state index is -0.324. The van der Waals surface area contributed by atoms with Crippen LogP contribution in [0.5, 0.6) is 0 Å². The zero-order chi connectivity index (χ0) is 11.5. The molecule has 3 nitrogen and oxygen atoms in total. The van der Waals surface area contributed by atoms with E-state index in [4.69, 9.17) is 4.74 Å². The van der Waals surface area contributed by atoms with E-state index in [1.807, 2.05) is 24.4 Å². The highest BCUT2D eigenvalue weighted by Crippen LogP contribution is 2.15. The Hall–Kier alpha value is -2.03. The molecule has 2 rings (SSSR count). The second-order valence-electron chi connectivity index (χ2n) is 3.63. The first kappa shape index (κ1) is 10.5. The molecule has 1 aromatic carbocycles. The average Bonchev–Trinajstić information content (AvgIpc) is 2.75. The highest BCUT2D eigenvalue weighted by molar-refractivity contribution is 5.94. The average molecular weight is 215 g/mol. The summed E-state index contributed by atoms with van der Waals surface area (Å²) in [5.74, 6) is -0.324. The fourth-order valence-electron chi connectivity index (χ4n) is 1.47. The van der Waals surface area contributed by atoms with Crippen LogP contribution in [0.3, 0.4) is 0 Å². The van der Waals surface area contributed by atoms with Gasteiger partial charge in [-0.2, -0.15) is 0 Å². The van der Waals surface area contributed by atoms with Crippen molar-refractivity contribution in [3.05, 3.63) is 48.7 Å². The van der Waals surface area contributed by atoms with E-state index in [0.717, 1.165) is 10.9 Å². The van der Waals surface area contributed by atoms with E-state index in [-0.39, 0.29) is 12.1 Å². The third kappa shape index (κ3) is 1.98. The molecule has 0 amide bonds. The van der Waals surface area contributed by atoms with Crippen LogP contribution in [0, 0.1) is 0 Å². The Morgan fingerprint density at radius 1 is 1.50 bits per heavy atom. The predicted octanol–water partition coefficient (Wildman–Crippen LogP) is 2.90. The largest absolute Gasteiger partial charge is 0.455 e. The van der Waals surface area contributed by atoms with Gasteiger partial charge in [-0.3, -0.25) is 0 Å². The van der Waals surface area contributed by atoms with E-state index < -0.39 is 0 Å². The molecule has 0 fully saturated rings. The van der Waals surface area contributed by atoms with Gasteiger partial charge < -0.3 is 9.72 Å². The lowest BCUT2D eigenvalue weighted by molar-refractivity contribution is 0.0425. The van der Waals surface area contributed by atoms with Crippen LogP contribution in [-0.4, -0.2) is 17.1 Å². The van der Waals surface area contributed by atoms with Crippen molar-refractivity contribution < 1.29 is 9.53 Å². The van der Waals surface area contributed by atoms with Crippen LogP contribution >= 0.6 is 0 Å². The van der Waals surface area contributed by atoms with E-state index in [1.165, 1.54) is 0 Å². The Balaban J connectivity index is 2.25. The van der Waals surface area contributed by atoms with Gasteiger partial charge in [0.25, 0.3) is 0 Å². The second kappa shape index (κ2) is 4.23. The maximum atomic E-state index is 11.7. The topological polar surface area (TPSA) is 42.1 Å². The fourth-order valence-corrected chi connectivity index (χ4v) is 1.47. The Morgan fingerprint density at radius 3 is 3.06 bits per heavy atom. The van der Waals surface area contributed by atoms with Crippen LogP contribution in [0.25, 0.3) is 10.9 Å². The lowest BCUT2D eigenvalue weighted by atomic mass is 10.1. The third-order valence-electron chi connectivity index (χ3n) is 2.41. The molecule has 0 saturated carbocycles. The monoisotopic (exact) mass is 215 g/mol. The first-order chi connectivity index (χ1) is 7.70. The van der Waals surface area contributed by atoms with Crippen LogP contribution in [0.15, 0.2) is 43.1 Å². The maximum absolute atomic E-state index is 11.7. The molecular formula is C13H13NO2. The number of benzene rings is 1. The normalized spacial score (nSPS) is 12.3. The molecule has 1 heterocycles. The van der Waals surface area contributed by atoms with E-state index in [9.17, 15) is 4.79 Å². The van der Waals surface area contributed by atoms with Gasteiger partial charge in [-0.05, 0) is 31.2 Å². The fraction of sp³-hybridized carbons (Fsp3) is 0.154. The number of nitrogens with one attached hydrogen (secondary N) is 1. The summed E-state index contributed by atoms with van der Waals surface area (Å²) in [4.78, 5) is 14.8. The van der Waals surface area contributed by atoms with Gasteiger partial charge in [-0.15, -0.1) is 0 Å². The molecule has 16 heavy (non-hydrogen) atoms. The quantitative estimate of drug-likeness (QED) is 0.631. The molecule has 2 aromatic rings. The number of carbonyl (C=O) groups is 1. The van der Waals surface area contributed by atoms with Crippen molar-refractivity contribution in [2.45, 2.75) is 13.0 Å². The predicted molar refractivity (Wildman–Crippen MR) is 63.4 cm³/mol. The first-order valence-corrected chi connectivity index (χ1v) is 5.11. The van der Waals surface area contributed by atoms with Gasteiger partial charge in [-0.25, -0.2) is 4.79 Å².